The molecule has 2 heterocycles. The standard InChI is InChI=1S/C17H17F3N2O2.CH4O/c1-23-14-8-12(22-6-2-3-7-22)9-15(10-14)24-13-4-5-16(21-11-13)17(18,19)20;1-2/h4-5,8-11H,2-3,6-7H2,1H3;2H,1H3. The molecule has 8 heteroatoms. The first-order chi connectivity index (χ1) is 12.5. The van der Waals surface area contributed by atoms with E-state index in [9.17, 15) is 13.2 Å². The molecule has 0 bridgehead atoms. The Kier molecular flexibility index (Phi) is 6.68. The number of aromatic nitrogens is 1. The number of methoxy groups -OCH3 is 1. The summed E-state index contributed by atoms with van der Waals surface area (Å²) < 4.78 is 48.6. The van der Waals surface area contributed by atoms with E-state index in [0.717, 1.165) is 51.0 Å². The topological polar surface area (TPSA) is 54.8 Å². The van der Waals surface area contributed by atoms with Crippen LogP contribution in [0.1, 0.15) is 18.5 Å². The van der Waals surface area contributed by atoms with Gasteiger partial charge in [-0.3, -0.25) is 0 Å². The average Bonchev–Trinajstić information content (AvgIpc) is 3.17. The van der Waals surface area contributed by atoms with E-state index in [2.05, 4.69) is 9.88 Å². The first-order valence-electron chi connectivity index (χ1n) is 8.05. The van der Waals surface area contributed by atoms with Crippen molar-refractivity contribution in [3.8, 4) is 17.2 Å². The minimum absolute atomic E-state index is 0.239. The number of hydrogen-bond acceptors (Lipinski definition) is 5. The van der Waals surface area contributed by atoms with Crippen LogP contribution < -0.4 is 14.4 Å². The molecule has 0 radical (unpaired) electrons. The van der Waals surface area contributed by atoms with Crippen LogP contribution in [-0.2, 0) is 6.18 Å². The normalized spacial score (nSPS) is 13.8. The minimum Gasteiger partial charge on any atom is -0.497 e. The summed E-state index contributed by atoms with van der Waals surface area (Å²) in [7, 11) is 2.56. The lowest BCUT2D eigenvalue weighted by Crippen LogP contribution is -2.17. The third kappa shape index (κ3) is 5.01. The fourth-order valence-electron chi connectivity index (χ4n) is 2.64. The summed E-state index contributed by atoms with van der Waals surface area (Å²) in [6.45, 7) is 1.93. The number of halogens is 3. The highest BCUT2D eigenvalue weighted by Crippen LogP contribution is 2.34. The van der Waals surface area contributed by atoms with E-state index >= 15 is 0 Å². The quantitative estimate of drug-likeness (QED) is 0.878. The number of nitrogens with zero attached hydrogens (tertiary/aromatic N) is 2. The molecule has 142 valence electrons. The number of ether oxygens (including phenoxy) is 2. The van der Waals surface area contributed by atoms with Gasteiger partial charge in [0.15, 0.2) is 0 Å². The van der Waals surface area contributed by atoms with Crippen LogP contribution >= 0.6 is 0 Å². The predicted molar refractivity (Wildman–Crippen MR) is 91.9 cm³/mol. The van der Waals surface area contributed by atoms with E-state index in [-0.39, 0.29) is 5.75 Å². The van der Waals surface area contributed by atoms with E-state index in [1.165, 1.54) is 6.07 Å². The third-order valence-corrected chi connectivity index (χ3v) is 3.83. The van der Waals surface area contributed by atoms with E-state index < -0.39 is 11.9 Å². The molecule has 1 aliphatic heterocycles. The number of aliphatic hydroxyl groups excluding tert-OH is 1. The number of hydrogen-bond donors (Lipinski definition) is 1. The molecule has 1 aromatic carbocycles. The van der Waals surface area contributed by atoms with Crippen molar-refractivity contribution >= 4 is 5.69 Å². The molecule has 0 aliphatic carbocycles. The lowest BCUT2D eigenvalue weighted by molar-refractivity contribution is -0.141. The van der Waals surface area contributed by atoms with Crippen LogP contribution in [0.15, 0.2) is 36.5 Å². The van der Waals surface area contributed by atoms with Gasteiger partial charge in [0.05, 0.1) is 13.3 Å². The van der Waals surface area contributed by atoms with Crippen molar-refractivity contribution in [3.05, 3.63) is 42.2 Å². The third-order valence-electron chi connectivity index (χ3n) is 3.83. The highest BCUT2D eigenvalue weighted by molar-refractivity contribution is 5.56. The summed E-state index contributed by atoms with van der Waals surface area (Å²) >= 11 is 0. The summed E-state index contributed by atoms with van der Waals surface area (Å²) in [5, 5.41) is 7.00. The van der Waals surface area contributed by atoms with Crippen LogP contribution in [0.5, 0.6) is 17.2 Å². The molecule has 0 atom stereocenters. The van der Waals surface area contributed by atoms with Crippen LogP contribution in [0.25, 0.3) is 0 Å². The molecule has 2 aromatic rings. The zero-order chi connectivity index (χ0) is 19.2. The van der Waals surface area contributed by atoms with Crippen LogP contribution in [-0.4, -0.2) is 37.4 Å². The molecule has 3 rings (SSSR count). The van der Waals surface area contributed by atoms with Gasteiger partial charge in [-0.1, -0.05) is 0 Å². The van der Waals surface area contributed by atoms with Crippen LogP contribution in [0.2, 0.25) is 0 Å². The minimum atomic E-state index is -4.46. The van der Waals surface area contributed by atoms with E-state index in [4.69, 9.17) is 14.6 Å². The second-order valence-electron chi connectivity index (χ2n) is 5.54. The van der Waals surface area contributed by atoms with Gasteiger partial charge in [-0.2, -0.15) is 13.2 Å². The van der Waals surface area contributed by atoms with Gasteiger partial charge >= 0.3 is 6.18 Å². The Morgan fingerprint density at radius 1 is 1.00 bits per heavy atom. The number of alkyl halides is 3. The van der Waals surface area contributed by atoms with Crippen LogP contribution in [0.4, 0.5) is 18.9 Å². The van der Waals surface area contributed by atoms with Crippen molar-refractivity contribution in [1.82, 2.24) is 4.98 Å². The monoisotopic (exact) mass is 370 g/mol. The molecule has 5 nitrogen and oxygen atoms in total. The van der Waals surface area contributed by atoms with Crippen molar-refractivity contribution in [1.29, 1.82) is 0 Å². The van der Waals surface area contributed by atoms with Gasteiger partial charge in [0, 0.05) is 44.1 Å². The lowest BCUT2D eigenvalue weighted by Gasteiger charge is -2.19. The molecular weight excluding hydrogens is 349 g/mol. The molecule has 0 saturated carbocycles. The number of benzene rings is 1. The zero-order valence-electron chi connectivity index (χ0n) is 14.6. The molecule has 1 aliphatic rings. The molecule has 0 unspecified atom stereocenters. The zero-order valence-corrected chi connectivity index (χ0v) is 14.6. The maximum absolute atomic E-state index is 12.5. The van der Waals surface area contributed by atoms with Crippen molar-refractivity contribution in [3.63, 3.8) is 0 Å². The van der Waals surface area contributed by atoms with Crippen molar-refractivity contribution < 1.29 is 27.8 Å². The Bertz CT molecular complexity index is 700. The molecule has 0 spiro atoms. The van der Waals surface area contributed by atoms with Gasteiger partial charge in [-0.25, -0.2) is 4.98 Å². The maximum Gasteiger partial charge on any atom is 0.433 e. The van der Waals surface area contributed by atoms with Gasteiger partial charge in [-0.05, 0) is 25.0 Å². The molecule has 1 saturated heterocycles. The van der Waals surface area contributed by atoms with Gasteiger partial charge < -0.3 is 19.5 Å². The molecule has 26 heavy (non-hydrogen) atoms. The first kappa shape index (κ1) is 19.8. The number of pyridine rings is 1. The predicted octanol–water partition coefficient (Wildman–Crippen LogP) is 4.11. The average molecular weight is 370 g/mol. The largest absolute Gasteiger partial charge is 0.497 e. The summed E-state index contributed by atoms with van der Waals surface area (Å²) in [5.74, 6) is 1.37. The van der Waals surface area contributed by atoms with Crippen molar-refractivity contribution in [2.24, 2.45) is 0 Å². The summed E-state index contributed by atoms with van der Waals surface area (Å²) in [6, 6.07) is 7.62. The van der Waals surface area contributed by atoms with E-state index in [1.807, 2.05) is 12.1 Å². The molecule has 1 aromatic heterocycles. The number of rotatable bonds is 4. The van der Waals surface area contributed by atoms with Gasteiger partial charge in [-0.15, -0.1) is 0 Å². The summed E-state index contributed by atoms with van der Waals surface area (Å²) in [4.78, 5) is 5.62. The fourth-order valence-corrected chi connectivity index (χ4v) is 2.64. The lowest BCUT2D eigenvalue weighted by atomic mass is 10.2. The highest BCUT2D eigenvalue weighted by atomic mass is 19.4. The Hall–Kier alpha value is -2.48. The summed E-state index contributed by atoms with van der Waals surface area (Å²) in [5.41, 5.74) is 0.0277. The molecule has 0 amide bonds. The smallest absolute Gasteiger partial charge is 0.433 e. The Labute approximate surface area is 150 Å². The van der Waals surface area contributed by atoms with Gasteiger partial charge in [0.25, 0.3) is 0 Å². The number of anilines is 1. The van der Waals surface area contributed by atoms with Gasteiger partial charge in [0.1, 0.15) is 22.9 Å². The number of aliphatic hydroxyl groups is 1. The Morgan fingerprint density at radius 2 is 1.65 bits per heavy atom. The van der Waals surface area contributed by atoms with Gasteiger partial charge in [0.2, 0.25) is 0 Å². The molecule has 1 fully saturated rings. The Balaban J connectivity index is 0.00000117. The van der Waals surface area contributed by atoms with Crippen LogP contribution in [0.3, 0.4) is 0 Å². The van der Waals surface area contributed by atoms with Crippen molar-refractivity contribution in [2.45, 2.75) is 19.0 Å². The first-order valence-corrected chi connectivity index (χ1v) is 8.05. The van der Waals surface area contributed by atoms with Crippen LogP contribution in [0, 0.1) is 0 Å². The van der Waals surface area contributed by atoms with E-state index in [1.54, 1.807) is 13.2 Å². The fraction of sp³-hybridized carbons (Fsp3) is 0.389. The highest BCUT2D eigenvalue weighted by Gasteiger charge is 2.32. The maximum atomic E-state index is 12.5. The van der Waals surface area contributed by atoms with E-state index in [0.29, 0.717) is 11.5 Å². The summed E-state index contributed by atoms with van der Waals surface area (Å²) in [6.07, 6.45) is -1.12. The second kappa shape index (κ2) is 8.75. The molecule has 1 N–H and O–H groups in total. The second-order valence-corrected chi connectivity index (χ2v) is 5.54. The SMILES string of the molecule is CO.COc1cc(Oc2ccc(C(F)(F)F)nc2)cc(N2CCCC2)c1. The van der Waals surface area contributed by atoms with Crippen molar-refractivity contribution in [2.75, 3.05) is 32.2 Å². The Morgan fingerprint density at radius 3 is 2.19 bits per heavy atom. The molecular formula is C18H21F3N2O3.